The molecule has 2 aromatic heterocycles. The van der Waals surface area contributed by atoms with Gasteiger partial charge in [0.05, 0.1) is 12.2 Å². The zero-order valence-electron chi connectivity index (χ0n) is 12.9. The predicted octanol–water partition coefficient (Wildman–Crippen LogP) is 3.16. The van der Waals surface area contributed by atoms with Crippen LogP contribution in [0, 0.1) is 24.6 Å². The van der Waals surface area contributed by atoms with Crippen molar-refractivity contribution < 1.29 is 9.18 Å². The van der Waals surface area contributed by atoms with Gasteiger partial charge < -0.3 is 9.88 Å². The predicted molar refractivity (Wildman–Crippen MR) is 91.8 cm³/mol. The van der Waals surface area contributed by atoms with Gasteiger partial charge in [0.1, 0.15) is 10.7 Å². The number of nitrogens with one attached hydrogen (secondary N) is 1. The number of thiazole rings is 1. The van der Waals surface area contributed by atoms with E-state index in [0.29, 0.717) is 16.1 Å². The molecule has 3 aromatic rings. The first kappa shape index (κ1) is 16.0. The molecule has 3 rings (SSSR count). The van der Waals surface area contributed by atoms with Crippen molar-refractivity contribution >= 4 is 17.2 Å². The minimum atomic E-state index is -0.298. The topological polar surface area (TPSA) is 46.9 Å². The van der Waals surface area contributed by atoms with Crippen molar-refractivity contribution in [3.8, 4) is 17.0 Å². The van der Waals surface area contributed by atoms with Gasteiger partial charge in [-0.15, -0.1) is 0 Å². The van der Waals surface area contributed by atoms with E-state index in [4.69, 9.17) is 0 Å². The van der Waals surface area contributed by atoms with Gasteiger partial charge in [-0.2, -0.15) is 0 Å². The van der Waals surface area contributed by atoms with Crippen LogP contribution in [0.15, 0.2) is 48.8 Å². The minimum Gasteiger partial charge on any atom is -0.340 e. The van der Waals surface area contributed by atoms with Crippen molar-refractivity contribution in [1.82, 2.24) is 14.9 Å². The number of hydrogen-bond acceptors (Lipinski definition) is 3. The Kier molecular flexibility index (Phi) is 4.73. The molecule has 6 heteroatoms. The Labute approximate surface area is 143 Å². The van der Waals surface area contributed by atoms with Crippen LogP contribution in [0.2, 0.25) is 0 Å². The first-order chi connectivity index (χ1) is 11.6. The summed E-state index contributed by atoms with van der Waals surface area (Å²) in [7, 11) is 0. The molecule has 0 aliphatic carbocycles. The maximum absolute atomic E-state index is 12.8. The van der Waals surface area contributed by atoms with E-state index in [0.717, 1.165) is 5.13 Å². The summed E-state index contributed by atoms with van der Waals surface area (Å²) in [6, 6.07) is 9.71. The van der Waals surface area contributed by atoms with Gasteiger partial charge in [0.15, 0.2) is 5.13 Å². The molecule has 4 nitrogen and oxygen atoms in total. The maximum Gasteiger partial charge on any atom is 0.264 e. The highest BCUT2D eigenvalue weighted by Gasteiger charge is 2.15. The van der Waals surface area contributed by atoms with Crippen LogP contribution in [-0.2, 0) is 0 Å². The fourth-order valence-corrected chi connectivity index (χ4v) is 3.00. The van der Waals surface area contributed by atoms with Crippen LogP contribution >= 0.6 is 11.3 Å². The van der Waals surface area contributed by atoms with E-state index in [9.17, 15) is 9.18 Å². The van der Waals surface area contributed by atoms with E-state index in [1.165, 1.54) is 23.5 Å². The maximum atomic E-state index is 12.8. The number of carbonyl (C=O) groups is 1. The van der Waals surface area contributed by atoms with Crippen molar-refractivity contribution in [2.75, 3.05) is 6.54 Å². The highest BCUT2D eigenvalue weighted by atomic mass is 32.1. The number of rotatable bonds is 3. The molecule has 120 valence electrons. The van der Waals surface area contributed by atoms with Gasteiger partial charge in [-0.25, -0.2) is 9.37 Å². The lowest BCUT2D eigenvalue weighted by Crippen LogP contribution is -2.23. The monoisotopic (exact) mass is 339 g/mol. The number of hydrogen-bond donors (Lipinski definition) is 1. The molecule has 0 unspecified atom stereocenters. The summed E-state index contributed by atoms with van der Waals surface area (Å²) in [6.07, 6.45) is 3.77. The Morgan fingerprint density at radius 1 is 1.29 bits per heavy atom. The second-order valence-electron chi connectivity index (χ2n) is 4.99. The summed E-state index contributed by atoms with van der Waals surface area (Å²) in [5.41, 5.74) is 1.39. The molecule has 0 saturated heterocycles. The average Bonchev–Trinajstić information content (AvgIpc) is 3.22. The molecule has 0 fully saturated rings. The Hall–Kier alpha value is -2.91. The van der Waals surface area contributed by atoms with Gasteiger partial charge in [0.2, 0.25) is 0 Å². The highest BCUT2D eigenvalue weighted by molar-refractivity contribution is 7.16. The van der Waals surface area contributed by atoms with Gasteiger partial charge in [-0.3, -0.25) is 4.79 Å². The summed E-state index contributed by atoms with van der Waals surface area (Å²) in [6.45, 7) is 2.02. The SMILES string of the molecule is Cc1nc(-n2cccc2)sc1C(=O)NCC#Cc1ccc(F)cc1. The molecule has 2 heterocycles. The van der Waals surface area contributed by atoms with Crippen molar-refractivity contribution in [1.29, 1.82) is 0 Å². The van der Waals surface area contributed by atoms with Crippen LogP contribution in [0.1, 0.15) is 20.9 Å². The Balaban J connectivity index is 1.63. The van der Waals surface area contributed by atoms with E-state index < -0.39 is 0 Å². The molecule has 1 aromatic carbocycles. The van der Waals surface area contributed by atoms with E-state index in [1.807, 2.05) is 36.0 Å². The third-order valence-electron chi connectivity index (χ3n) is 3.23. The number of aryl methyl sites for hydroxylation is 1. The van der Waals surface area contributed by atoms with E-state index in [1.54, 1.807) is 12.1 Å². The molecule has 1 amide bonds. The van der Waals surface area contributed by atoms with Gasteiger partial charge in [0.25, 0.3) is 5.91 Å². The summed E-state index contributed by atoms with van der Waals surface area (Å²) >= 11 is 1.33. The Bertz CT molecular complexity index is 902. The van der Waals surface area contributed by atoms with Crippen LogP contribution in [0.5, 0.6) is 0 Å². The molecule has 1 N–H and O–H groups in total. The van der Waals surface area contributed by atoms with E-state index in [2.05, 4.69) is 22.1 Å². The second-order valence-corrected chi connectivity index (χ2v) is 5.97. The summed E-state index contributed by atoms with van der Waals surface area (Å²) in [5, 5.41) is 3.50. The summed E-state index contributed by atoms with van der Waals surface area (Å²) < 4.78 is 14.7. The molecule has 0 radical (unpaired) electrons. The normalized spacial score (nSPS) is 10.1. The zero-order chi connectivity index (χ0) is 16.9. The van der Waals surface area contributed by atoms with Crippen LogP contribution < -0.4 is 5.32 Å². The van der Waals surface area contributed by atoms with E-state index in [-0.39, 0.29) is 18.3 Å². The lowest BCUT2D eigenvalue weighted by atomic mass is 10.2. The zero-order valence-corrected chi connectivity index (χ0v) is 13.7. The Morgan fingerprint density at radius 2 is 2.00 bits per heavy atom. The van der Waals surface area contributed by atoms with Gasteiger partial charge in [-0.1, -0.05) is 23.2 Å². The first-order valence-corrected chi connectivity index (χ1v) is 8.08. The minimum absolute atomic E-state index is 0.197. The third-order valence-corrected chi connectivity index (χ3v) is 4.40. The lowest BCUT2D eigenvalue weighted by Gasteiger charge is -1.98. The number of benzene rings is 1. The number of halogens is 1. The molecular weight excluding hydrogens is 325 g/mol. The van der Waals surface area contributed by atoms with Crippen molar-refractivity contribution in [3.63, 3.8) is 0 Å². The number of carbonyl (C=O) groups excluding carboxylic acids is 1. The van der Waals surface area contributed by atoms with Crippen molar-refractivity contribution in [3.05, 3.63) is 70.7 Å². The van der Waals surface area contributed by atoms with Gasteiger partial charge >= 0.3 is 0 Å². The lowest BCUT2D eigenvalue weighted by molar-refractivity contribution is 0.0962. The van der Waals surface area contributed by atoms with Crippen LogP contribution in [0.4, 0.5) is 4.39 Å². The van der Waals surface area contributed by atoms with Crippen LogP contribution in [0.25, 0.3) is 5.13 Å². The van der Waals surface area contributed by atoms with Crippen LogP contribution in [0.3, 0.4) is 0 Å². The van der Waals surface area contributed by atoms with Gasteiger partial charge in [0, 0.05) is 18.0 Å². The summed E-state index contributed by atoms with van der Waals surface area (Å²) in [4.78, 5) is 17.2. The highest BCUT2D eigenvalue weighted by Crippen LogP contribution is 2.21. The quantitative estimate of drug-likeness (QED) is 0.745. The van der Waals surface area contributed by atoms with Gasteiger partial charge in [-0.05, 0) is 43.3 Å². The smallest absolute Gasteiger partial charge is 0.264 e. The molecule has 24 heavy (non-hydrogen) atoms. The molecule has 0 aliphatic rings. The summed E-state index contributed by atoms with van der Waals surface area (Å²) in [5.74, 6) is 5.23. The van der Waals surface area contributed by atoms with Crippen LogP contribution in [-0.4, -0.2) is 22.0 Å². The van der Waals surface area contributed by atoms with Crippen molar-refractivity contribution in [2.24, 2.45) is 0 Å². The average molecular weight is 339 g/mol. The molecule has 0 spiro atoms. The second kappa shape index (κ2) is 7.11. The fraction of sp³-hybridized carbons (Fsp3) is 0.111. The number of amides is 1. The molecule has 0 atom stereocenters. The Morgan fingerprint density at radius 3 is 2.71 bits per heavy atom. The molecule has 0 aliphatic heterocycles. The number of nitrogens with zero attached hydrogens (tertiary/aromatic N) is 2. The fourth-order valence-electron chi connectivity index (χ4n) is 2.05. The molecule has 0 bridgehead atoms. The van der Waals surface area contributed by atoms with Crippen molar-refractivity contribution in [2.45, 2.75) is 6.92 Å². The first-order valence-electron chi connectivity index (χ1n) is 7.27. The standard InChI is InChI=1S/C18H14FN3OS/c1-13-16(24-18(21-13)22-11-2-3-12-22)17(23)20-10-4-5-14-6-8-15(19)9-7-14/h2-3,6-9,11-12H,10H2,1H3,(H,20,23). The molecular formula is C18H14FN3OS. The molecule has 0 saturated carbocycles. The van der Waals surface area contributed by atoms with E-state index >= 15 is 0 Å². The third kappa shape index (κ3) is 3.70. The number of aromatic nitrogens is 2. The largest absolute Gasteiger partial charge is 0.340 e.